The summed E-state index contributed by atoms with van der Waals surface area (Å²) in [5.74, 6) is -2.68. The van der Waals surface area contributed by atoms with E-state index in [4.69, 9.17) is 16.3 Å². The van der Waals surface area contributed by atoms with E-state index in [1.165, 1.54) is 4.90 Å². The molecule has 3 heterocycles. The summed E-state index contributed by atoms with van der Waals surface area (Å²) >= 11 is 10.4. The van der Waals surface area contributed by atoms with E-state index in [1.807, 2.05) is 39.8 Å². The Labute approximate surface area is 256 Å². The zero-order chi connectivity index (χ0) is 30.2. The number of likely N-dealkylation sites (tertiary alicyclic amines) is 1. The van der Waals surface area contributed by atoms with Gasteiger partial charge in [-0.25, -0.2) is 0 Å². The highest BCUT2D eigenvalue weighted by Crippen LogP contribution is 2.61. The van der Waals surface area contributed by atoms with E-state index in [1.54, 1.807) is 28.0 Å². The molecule has 1 N–H and O–H groups in total. The molecular formula is C31H41BrClN3O5. The number of aryl methyl sites for hydroxylation is 1. The second kappa shape index (κ2) is 12.6. The molecule has 0 radical (unpaired) electrons. The largest absolute Gasteiger partial charge is 0.394 e. The van der Waals surface area contributed by atoms with Gasteiger partial charge in [-0.1, -0.05) is 72.6 Å². The Morgan fingerprint density at radius 3 is 2.51 bits per heavy atom. The summed E-state index contributed by atoms with van der Waals surface area (Å²) in [4.78, 5) is 48.0. The van der Waals surface area contributed by atoms with Crippen LogP contribution in [0.15, 0.2) is 43.5 Å². The molecule has 3 amide bonds. The number of hydrogen-bond acceptors (Lipinski definition) is 5. The van der Waals surface area contributed by atoms with Crippen LogP contribution in [0.3, 0.4) is 0 Å². The molecule has 4 rings (SSSR count). The number of halogens is 2. The Morgan fingerprint density at radius 1 is 1.27 bits per heavy atom. The number of nitrogens with zero attached hydrogens (tertiary/aromatic N) is 3. The van der Waals surface area contributed by atoms with E-state index in [0.717, 1.165) is 12.0 Å². The number of aliphatic hydroxyl groups excluding tert-OH is 1. The number of benzene rings is 1. The van der Waals surface area contributed by atoms with Gasteiger partial charge in [-0.2, -0.15) is 0 Å². The van der Waals surface area contributed by atoms with Gasteiger partial charge in [0.2, 0.25) is 11.8 Å². The van der Waals surface area contributed by atoms with Crippen LogP contribution in [-0.4, -0.2) is 87.5 Å². The van der Waals surface area contributed by atoms with Crippen LogP contribution in [0.1, 0.15) is 39.2 Å². The summed E-state index contributed by atoms with van der Waals surface area (Å²) in [6, 6.07) is 3.69. The topological polar surface area (TPSA) is 90.4 Å². The summed E-state index contributed by atoms with van der Waals surface area (Å²) in [5.41, 5.74) is 0.0750. The number of carbonyl (C=O) groups is 3. The van der Waals surface area contributed by atoms with Crippen LogP contribution in [0.25, 0.3) is 0 Å². The minimum absolute atomic E-state index is 0.154. The van der Waals surface area contributed by atoms with Crippen molar-refractivity contribution in [2.75, 3.05) is 31.1 Å². The molecule has 0 saturated carbocycles. The zero-order valence-electron chi connectivity index (χ0n) is 24.3. The maximum atomic E-state index is 14.8. The van der Waals surface area contributed by atoms with Gasteiger partial charge in [0.15, 0.2) is 0 Å². The van der Waals surface area contributed by atoms with Crippen LogP contribution in [0.4, 0.5) is 5.69 Å². The third-order valence-corrected chi connectivity index (χ3v) is 9.90. The van der Waals surface area contributed by atoms with Crippen LogP contribution in [0.5, 0.6) is 0 Å². The molecule has 0 aromatic heterocycles. The number of hydrogen-bond donors (Lipinski definition) is 1. The number of rotatable bonds is 12. The highest BCUT2D eigenvalue weighted by Gasteiger charge is 2.77. The number of ether oxygens (including phenoxy) is 1. The first-order chi connectivity index (χ1) is 19.5. The van der Waals surface area contributed by atoms with Crippen LogP contribution in [-0.2, 0) is 19.1 Å². The van der Waals surface area contributed by atoms with Gasteiger partial charge in [0.25, 0.3) is 5.91 Å². The molecule has 3 fully saturated rings. The minimum Gasteiger partial charge on any atom is -0.394 e. The minimum atomic E-state index is -1.25. The van der Waals surface area contributed by atoms with Gasteiger partial charge in [-0.3, -0.25) is 14.4 Å². The Bertz CT molecular complexity index is 1190. The second-order valence-corrected chi connectivity index (χ2v) is 13.2. The fourth-order valence-corrected chi connectivity index (χ4v) is 8.33. The van der Waals surface area contributed by atoms with Crippen molar-refractivity contribution in [3.05, 3.63) is 54.1 Å². The quantitative estimate of drug-likeness (QED) is 0.268. The first kappa shape index (κ1) is 31.7. The lowest BCUT2D eigenvalue weighted by molar-refractivity contribution is -0.148. The van der Waals surface area contributed by atoms with Crippen LogP contribution in [0, 0.1) is 24.7 Å². The molecule has 1 aromatic rings. The maximum Gasteiger partial charge on any atom is 0.253 e. The summed E-state index contributed by atoms with van der Waals surface area (Å²) in [7, 11) is 0. The van der Waals surface area contributed by atoms with E-state index < -0.39 is 35.6 Å². The summed E-state index contributed by atoms with van der Waals surface area (Å²) in [5, 5.41) is 10.9. The molecule has 7 atom stereocenters. The Kier molecular flexibility index (Phi) is 9.73. The van der Waals surface area contributed by atoms with E-state index in [9.17, 15) is 19.5 Å². The van der Waals surface area contributed by atoms with Crippen molar-refractivity contribution in [1.29, 1.82) is 0 Å². The van der Waals surface area contributed by atoms with Crippen molar-refractivity contribution >= 4 is 50.9 Å². The lowest BCUT2D eigenvalue weighted by Crippen LogP contribution is -2.60. The standard InChI is InChI=1S/C31H41BrClN3O5/c1-7-13-34(14-8-2)28(38)23-24-29(39)36(22(17-37)18(4)5)27(31(24)16-20(32)26(23)41-31)30(40)35(15-9-3)25-19(6)11-10-12-21(25)33/h7,9-12,18,20,22-24,26-27,37H,1,3,8,13-17H2,2,4-6H3/t20?,22-,23+,24-,26+,27?,31?/m0/s1. The average Bonchev–Trinajstić information content (AvgIpc) is 3.51. The SMILES string of the molecule is C=CCN(CCC)C(=O)[C@H]1[C@@H]2OC3(CC2Br)C(C(=O)N(CC=C)c2c(C)cccc2Cl)N([C@@H](CO)C(C)C)C(=O)[C@H]13. The number of para-hydroxylation sites is 1. The molecule has 1 aromatic carbocycles. The first-order valence-electron chi connectivity index (χ1n) is 14.3. The fraction of sp³-hybridized carbons (Fsp3) is 0.581. The highest BCUT2D eigenvalue weighted by molar-refractivity contribution is 9.09. The van der Waals surface area contributed by atoms with E-state index in [0.29, 0.717) is 30.2 Å². The second-order valence-electron chi connectivity index (χ2n) is 11.6. The van der Waals surface area contributed by atoms with Crippen LogP contribution in [0.2, 0.25) is 5.02 Å². The molecule has 3 saturated heterocycles. The van der Waals surface area contributed by atoms with E-state index >= 15 is 0 Å². The molecule has 8 nitrogen and oxygen atoms in total. The van der Waals surface area contributed by atoms with E-state index in [2.05, 4.69) is 29.1 Å². The van der Waals surface area contributed by atoms with Crippen LogP contribution >= 0.6 is 27.5 Å². The van der Waals surface area contributed by atoms with Gasteiger partial charge in [-0.15, -0.1) is 13.2 Å². The average molecular weight is 651 g/mol. The van der Waals surface area contributed by atoms with Crippen molar-refractivity contribution in [3.8, 4) is 0 Å². The van der Waals surface area contributed by atoms with E-state index in [-0.39, 0.29) is 41.6 Å². The molecule has 10 heteroatoms. The number of amides is 3. The summed E-state index contributed by atoms with van der Waals surface area (Å²) in [6.07, 6.45) is 3.85. The highest BCUT2D eigenvalue weighted by atomic mass is 79.9. The normalized spacial score (nSPS) is 29.0. The molecule has 224 valence electrons. The monoisotopic (exact) mass is 649 g/mol. The van der Waals surface area contributed by atoms with Crippen molar-refractivity contribution in [1.82, 2.24) is 9.80 Å². The summed E-state index contributed by atoms with van der Waals surface area (Å²) in [6.45, 7) is 16.0. The lowest BCUT2D eigenvalue weighted by atomic mass is 9.70. The summed E-state index contributed by atoms with van der Waals surface area (Å²) < 4.78 is 6.70. The molecule has 41 heavy (non-hydrogen) atoms. The number of aliphatic hydroxyl groups is 1. The third-order valence-electron chi connectivity index (χ3n) is 8.75. The molecule has 3 unspecified atom stereocenters. The zero-order valence-corrected chi connectivity index (χ0v) is 26.6. The number of anilines is 1. The number of carbonyl (C=O) groups excluding carboxylic acids is 3. The number of fused-ring (bicyclic) bond motifs is 1. The van der Waals surface area contributed by atoms with Crippen molar-refractivity contribution in [2.24, 2.45) is 17.8 Å². The lowest BCUT2D eigenvalue weighted by Gasteiger charge is -2.40. The van der Waals surface area contributed by atoms with Gasteiger partial charge in [0.1, 0.15) is 11.6 Å². The number of alkyl halides is 1. The maximum absolute atomic E-state index is 14.8. The molecule has 3 aliphatic heterocycles. The molecule has 2 bridgehead atoms. The predicted octanol–water partition coefficient (Wildman–Crippen LogP) is 4.36. The third kappa shape index (κ3) is 5.17. The van der Waals surface area contributed by atoms with Gasteiger partial charge >= 0.3 is 0 Å². The molecule has 3 aliphatic rings. The fourth-order valence-electron chi connectivity index (χ4n) is 7.07. The Hall–Kier alpha value is -2.20. The molecular weight excluding hydrogens is 610 g/mol. The Balaban J connectivity index is 1.89. The Morgan fingerprint density at radius 2 is 1.95 bits per heavy atom. The predicted molar refractivity (Wildman–Crippen MR) is 164 cm³/mol. The van der Waals surface area contributed by atoms with Gasteiger partial charge in [-0.05, 0) is 37.3 Å². The van der Waals surface area contributed by atoms with Gasteiger partial charge in [0, 0.05) is 24.5 Å². The van der Waals surface area contributed by atoms with Crippen molar-refractivity contribution in [2.45, 2.75) is 69.2 Å². The van der Waals surface area contributed by atoms with Crippen LogP contribution < -0.4 is 4.90 Å². The van der Waals surface area contributed by atoms with Crippen molar-refractivity contribution in [3.63, 3.8) is 0 Å². The smallest absolute Gasteiger partial charge is 0.253 e. The molecule has 1 spiro atoms. The van der Waals surface area contributed by atoms with Gasteiger partial charge < -0.3 is 24.5 Å². The van der Waals surface area contributed by atoms with Crippen molar-refractivity contribution < 1.29 is 24.2 Å². The van der Waals surface area contributed by atoms with Gasteiger partial charge in [0.05, 0.1) is 41.3 Å². The molecule has 0 aliphatic carbocycles. The first-order valence-corrected chi connectivity index (χ1v) is 15.6.